The molecule has 4 aliphatic rings. The summed E-state index contributed by atoms with van der Waals surface area (Å²) in [6, 6.07) is 0.713. The molecule has 120 valence electrons. The van der Waals surface area contributed by atoms with Crippen LogP contribution < -0.4 is 5.32 Å². The van der Waals surface area contributed by atoms with Crippen LogP contribution in [0.3, 0.4) is 0 Å². The molecule has 0 aromatic heterocycles. The highest BCUT2D eigenvalue weighted by Gasteiger charge is 2.45. The van der Waals surface area contributed by atoms with Crippen LogP contribution >= 0.6 is 0 Å². The Kier molecular flexibility index (Phi) is 4.01. The van der Waals surface area contributed by atoms with E-state index in [-0.39, 0.29) is 0 Å². The van der Waals surface area contributed by atoms with Crippen LogP contribution in [0, 0.1) is 5.41 Å². The first-order chi connectivity index (χ1) is 10.3. The van der Waals surface area contributed by atoms with Crippen molar-refractivity contribution < 1.29 is 9.47 Å². The zero-order chi connectivity index (χ0) is 14.2. The average Bonchev–Trinajstić information content (AvgIpc) is 3.22. The van der Waals surface area contributed by atoms with E-state index in [0.29, 0.717) is 23.2 Å². The maximum atomic E-state index is 6.46. The second-order valence-electron chi connectivity index (χ2n) is 8.00. The van der Waals surface area contributed by atoms with E-state index in [2.05, 4.69) is 5.32 Å². The SMILES string of the molecule is C1CCC2(C1)CCC(CNC1CCCC13CCOCC3)O2. The first kappa shape index (κ1) is 14.5. The zero-order valence-electron chi connectivity index (χ0n) is 13.4. The van der Waals surface area contributed by atoms with Crippen molar-refractivity contribution in [3.05, 3.63) is 0 Å². The molecule has 2 heterocycles. The first-order valence-corrected chi connectivity index (χ1v) is 9.29. The number of hydrogen-bond acceptors (Lipinski definition) is 3. The Balaban J connectivity index is 1.30. The lowest BCUT2D eigenvalue weighted by Gasteiger charge is -2.39. The Morgan fingerprint density at radius 3 is 2.48 bits per heavy atom. The van der Waals surface area contributed by atoms with E-state index in [4.69, 9.17) is 9.47 Å². The Hall–Kier alpha value is -0.120. The Morgan fingerprint density at radius 2 is 1.67 bits per heavy atom. The summed E-state index contributed by atoms with van der Waals surface area (Å²) < 4.78 is 12.1. The van der Waals surface area contributed by atoms with Crippen LogP contribution in [0.4, 0.5) is 0 Å². The van der Waals surface area contributed by atoms with Crippen LogP contribution in [0.25, 0.3) is 0 Å². The fraction of sp³-hybridized carbons (Fsp3) is 1.00. The van der Waals surface area contributed by atoms with E-state index in [1.54, 1.807) is 0 Å². The second-order valence-corrected chi connectivity index (χ2v) is 8.00. The molecule has 3 heteroatoms. The lowest BCUT2D eigenvalue weighted by Crippen LogP contribution is -2.47. The van der Waals surface area contributed by atoms with Crippen molar-refractivity contribution in [3.63, 3.8) is 0 Å². The molecule has 0 aromatic rings. The summed E-state index contributed by atoms with van der Waals surface area (Å²) in [5, 5.41) is 3.91. The van der Waals surface area contributed by atoms with Gasteiger partial charge in [0.05, 0.1) is 11.7 Å². The summed E-state index contributed by atoms with van der Waals surface area (Å²) in [6.07, 6.45) is 15.1. The van der Waals surface area contributed by atoms with E-state index < -0.39 is 0 Å². The molecule has 3 nitrogen and oxygen atoms in total. The van der Waals surface area contributed by atoms with E-state index in [9.17, 15) is 0 Å². The minimum Gasteiger partial charge on any atom is -0.381 e. The van der Waals surface area contributed by atoms with Gasteiger partial charge in [-0.2, -0.15) is 0 Å². The van der Waals surface area contributed by atoms with Gasteiger partial charge in [0.15, 0.2) is 0 Å². The molecule has 4 rings (SSSR count). The van der Waals surface area contributed by atoms with Crippen LogP contribution in [0.15, 0.2) is 0 Å². The molecule has 2 atom stereocenters. The molecule has 0 radical (unpaired) electrons. The van der Waals surface area contributed by atoms with Crippen molar-refractivity contribution in [1.82, 2.24) is 5.32 Å². The normalized spacial score (nSPS) is 37.7. The smallest absolute Gasteiger partial charge is 0.0708 e. The molecule has 2 spiro atoms. The molecule has 1 N–H and O–H groups in total. The van der Waals surface area contributed by atoms with Gasteiger partial charge in [-0.25, -0.2) is 0 Å². The third-order valence-electron chi connectivity index (χ3n) is 6.84. The summed E-state index contributed by atoms with van der Waals surface area (Å²) in [5.41, 5.74) is 0.834. The van der Waals surface area contributed by atoms with Crippen molar-refractivity contribution in [3.8, 4) is 0 Å². The second kappa shape index (κ2) is 5.82. The third-order valence-corrected chi connectivity index (χ3v) is 6.84. The number of nitrogens with one attached hydrogen (secondary N) is 1. The molecule has 2 unspecified atom stereocenters. The van der Waals surface area contributed by atoms with Gasteiger partial charge in [0.1, 0.15) is 0 Å². The maximum Gasteiger partial charge on any atom is 0.0708 e. The number of rotatable bonds is 3. The fourth-order valence-electron chi connectivity index (χ4n) is 5.53. The average molecular weight is 293 g/mol. The molecule has 2 aliphatic heterocycles. The number of hydrogen-bond donors (Lipinski definition) is 1. The van der Waals surface area contributed by atoms with Crippen LogP contribution in [0.2, 0.25) is 0 Å². The molecular formula is C18H31NO2. The highest BCUT2D eigenvalue weighted by Crippen LogP contribution is 2.46. The highest BCUT2D eigenvalue weighted by atomic mass is 16.5. The fourth-order valence-corrected chi connectivity index (χ4v) is 5.53. The number of ether oxygens (including phenoxy) is 2. The largest absolute Gasteiger partial charge is 0.381 e. The van der Waals surface area contributed by atoms with Gasteiger partial charge in [-0.3, -0.25) is 0 Å². The van der Waals surface area contributed by atoms with Gasteiger partial charge in [0, 0.05) is 25.8 Å². The van der Waals surface area contributed by atoms with Gasteiger partial charge in [-0.05, 0) is 56.8 Å². The molecule has 2 saturated heterocycles. The molecular weight excluding hydrogens is 262 g/mol. The highest BCUT2D eigenvalue weighted by molar-refractivity contribution is 4.99. The molecule has 0 bridgehead atoms. The summed E-state index contributed by atoms with van der Waals surface area (Å²) in [4.78, 5) is 0. The van der Waals surface area contributed by atoms with E-state index in [1.165, 1.54) is 70.6 Å². The van der Waals surface area contributed by atoms with Gasteiger partial charge < -0.3 is 14.8 Å². The van der Waals surface area contributed by atoms with E-state index >= 15 is 0 Å². The van der Waals surface area contributed by atoms with Gasteiger partial charge >= 0.3 is 0 Å². The minimum absolute atomic E-state index is 0.290. The zero-order valence-corrected chi connectivity index (χ0v) is 13.4. The lowest BCUT2D eigenvalue weighted by atomic mass is 9.75. The van der Waals surface area contributed by atoms with Crippen molar-refractivity contribution in [2.45, 2.75) is 88.4 Å². The Morgan fingerprint density at radius 1 is 0.857 bits per heavy atom. The van der Waals surface area contributed by atoms with Gasteiger partial charge in [0.2, 0.25) is 0 Å². The molecule has 4 fully saturated rings. The maximum absolute atomic E-state index is 6.46. The van der Waals surface area contributed by atoms with Gasteiger partial charge in [-0.1, -0.05) is 19.3 Å². The molecule has 21 heavy (non-hydrogen) atoms. The van der Waals surface area contributed by atoms with Crippen molar-refractivity contribution in [2.24, 2.45) is 5.41 Å². The van der Waals surface area contributed by atoms with Crippen molar-refractivity contribution >= 4 is 0 Å². The quantitative estimate of drug-likeness (QED) is 0.865. The lowest BCUT2D eigenvalue weighted by molar-refractivity contribution is -0.0399. The molecule has 0 amide bonds. The predicted molar refractivity (Wildman–Crippen MR) is 83.4 cm³/mol. The van der Waals surface area contributed by atoms with Crippen molar-refractivity contribution in [2.75, 3.05) is 19.8 Å². The Bertz CT molecular complexity index is 358. The van der Waals surface area contributed by atoms with E-state index in [1.807, 2.05) is 0 Å². The monoisotopic (exact) mass is 293 g/mol. The minimum atomic E-state index is 0.290. The predicted octanol–water partition coefficient (Wildman–Crippen LogP) is 3.42. The molecule has 2 aliphatic carbocycles. The Labute approximate surface area is 129 Å². The van der Waals surface area contributed by atoms with Gasteiger partial charge in [-0.15, -0.1) is 0 Å². The molecule has 2 saturated carbocycles. The van der Waals surface area contributed by atoms with Crippen LogP contribution in [-0.4, -0.2) is 37.5 Å². The summed E-state index contributed by atoms with van der Waals surface area (Å²) in [7, 11) is 0. The summed E-state index contributed by atoms with van der Waals surface area (Å²) in [5.74, 6) is 0. The summed E-state index contributed by atoms with van der Waals surface area (Å²) in [6.45, 7) is 3.03. The van der Waals surface area contributed by atoms with Gasteiger partial charge in [0.25, 0.3) is 0 Å². The van der Waals surface area contributed by atoms with Crippen molar-refractivity contribution in [1.29, 1.82) is 0 Å². The van der Waals surface area contributed by atoms with Crippen LogP contribution in [-0.2, 0) is 9.47 Å². The first-order valence-electron chi connectivity index (χ1n) is 9.29. The van der Waals surface area contributed by atoms with Crippen LogP contribution in [0.1, 0.15) is 70.6 Å². The third kappa shape index (κ3) is 2.77. The topological polar surface area (TPSA) is 30.5 Å². The molecule has 0 aromatic carbocycles. The standard InChI is InChI=1S/C18H31NO2/c1-2-8-18(7-1)9-5-15(21-18)14-19-16-4-3-6-17(16)10-12-20-13-11-17/h15-16,19H,1-14H2. The van der Waals surface area contributed by atoms with Crippen LogP contribution in [0.5, 0.6) is 0 Å². The summed E-state index contributed by atoms with van der Waals surface area (Å²) >= 11 is 0. The van der Waals surface area contributed by atoms with E-state index in [0.717, 1.165) is 19.8 Å².